The minimum Gasteiger partial charge on any atom is -0.333 e. The van der Waals surface area contributed by atoms with E-state index < -0.39 is 0 Å². The summed E-state index contributed by atoms with van der Waals surface area (Å²) < 4.78 is 0. The summed E-state index contributed by atoms with van der Waals surface area (Å²) in [5.41, 5.74) is 6.72. The summed E-state index contributed by atoms with van der Waals surface area (Å²) in [6.45, 7) is 0. The number of benzene rings is 3. The third-order valence-electron chi connectivity index (χ3n) is 5.42. The van der Waals surface area contributed by atoms with E-state index >= 15 is 0 Å². The predicted octanol–water partition coefficient (Wildman–Crippen LogP) is 6.01. The van der Waals surface area contributed by atoms with Gasteiger partial charge in [0.05, 0.1) is 6.04 Å². The van der Waals surface area contributed by atoms with Gasteiger partial charge in [-0.1, -0.05) is 85.0 Å². The van der Waals surface area contributed by atoms with Crippen molar-refractivity contribution >= 4 is 11.4 Å². The smallest absolute Gasteiger partial charge is 0.0629 e. The largest absolute Gasteiger partial charge is 0.333 e. The molecule has 0 amide bonds. The highest BCUT2D eigenvalue weighted by Crippen LogP contribution is 2.47. The number of rotatable bonds is 3. The van der Waals surface area contributed by atoms with E-state index in [4.69, 9.17) is 0 Å². The Labute approximate surface area is 154 Å². The zero-order valence-electron chi connectivity index (χ0n) is 14.6. The van der Waals surface area contributed by atoms with E-state index in [1.807, 2.05) is 0 Å². The van der Waals surface area contributed by atoms with Crippen LogP contribution in [0.15, 0.2) is 103 Å². The molecule has 5 rings (SSSR count). The highest BCUT2D eigenvalue weighted by molar-refractivity contribution is 5.75. The summed E-state index contributed by atoms with van der Waals surface area (Å²) in [4.78, 5) is 2.48. The van der Waals surface area contributed by atoms with Crippen molar-refractivity contribution in [3.8, 4) is 0 Å². The van der Waals surface area contributed by atoms with Crippen LogP contribution in [-0.4, -0.2) is 6.04 Å². The minimum atomic E-state index is 0.373. The van der Waals surface area contributed by atoms with Crippen LogP contribution in [0.3, 0.4) is 0 Å². The molecule has 1 heteroatoms. The first-order valence-electron chi connectivity index (χ1n) is 9.26. The zero-order chi connectivity index (χ0) is 17.3. The van der Waals surface area contributed by atoms with Crippen LogP contribution in [0.25, 0.3) is 0 Å². The molecule has 3 aromatic carbocycles. The first-order valence-corrected chi connectivity index (χ1v) is 9.26. The van der Waals surface area contributed by atoms with Gasteiger partial charge >= 0.3 is 0 Å². The molecule has 1 aliphatic heterocycles. The Morgan fingerprint density at radius 2 is 1.35 bits per heavy atom. The highest BCUT2D eigenvalue weighted by atomic mass is 15.2. The van der Waals surface area contributed by atoms with E-state index in [1.165, 1.54) is 28.1 Å². The molecule has 2 aliphatic rings. The van der Waals surface area contributed by atoms with E-state index in [0.717, 1.165) is 6.42 Å². The molecule has 0 saturated carbocycles. The third-order valence-corrected chi connectivity index (χ3v) is 5.42. The second-order valence-corrected chi connectivity index (χ2v) is 7.04. The molecule has 0 spiro atoms. The predicted molar refractivity (Wildman–Crippen MR) is 109 cm³/mol. The van der Waals surface area contributed by atoms with Crippen LogP contribution in [0.4, 0.5) is 11.4 Å². The summed E-state index contributed by atoms with van der Waals surface area (Å²) in [5.74, 6) is 0.445. The van der Waals surface area contributed by atoms with E-state index in [1.54, 1.807) is 0 Å². The molecular weight excluding hydrogens is 314 g/mol. The number of para-hydroxylation sites is 1. The van der Waals surface area contributed by atoms with E-state index in [2.05, 4.69) is 108 Å². The van der Waals surface area contributed by atoms with Crippen LogP contribution in [0.1, 0.15) is 22.6 Å². The molecule has 126 valence electrons. The standard InChI is InChI=1S/C25H21N/c1-2-8-19(9-3-1)18-20-14-16-21(17-15-20)26-24-12-6-4-10-22(24)23-11-5-7-13-25(23)26/h1-17,22,24H,18H2. The summed E-state index contributed by atoms with van der Waals surface area (Å²) in [5, 5.41) is 0. The molecule has 0 radical (unpaired) electrons. The molecule has 2 unspecified atom stereocenters. The normalized spacial score (nSPS) is 20.1. The van der Waals surface area contributed by atoms with Gasteiger partial charge in [0.15, 0.2) is 0 Å². The maximum absolute atomic E-state index is 2.48. The molecule has 26 heavy (non-hydrogen) atoms. The van der Waals surface area contributed by atoms with Crippen LogP contribution in [-0.2, 0) is 6.42 Å². The van der Waals surface area contributed by atoms with Crippen molar-refractivity contribution in [1.29, 1.82) is 0 Å². The van der Waals surface area contributed by atoms with E-state index in [0.29, 0.717) is 12.0 Å². The van der Waals surface area contributed by atoms with Gasteiger partial charge in [0.1, 0.15) is 0 Å². The number of nitrogens with zero attached hydrogens (tertiary/aromatic N) is 1. The molecule has 2 atom stereocenters. The molecule has 1 heterocycles. The van der Waals surface area contributed by atoms with Gasteiger partial charge in [-0.2, -0.15) is 0 Å². The lowest BCUT2D eigenvalue weighted by Gasteiger charge is -2.28. The van der Waals surface area contributed by atoms with E-state index in [-0.39, 0.29) is 0 Å². The number of fused-ring (bicyclic) bond motifs is 3. The Morgan fingerprint density at radius 1 is 0.654 bits per heavy atom. The van der Waals surface area contributed by atoms with Crippen LogP contribution < -0.4 is 4.90 Å². The number of allylic oxidation sites excluding steroid dienone is 2. The van der Waals surface area contributed by atoms with Crippen LogP contribution in [0.5, 0.6) is 0 Å². The lowest BCUT2D eigenvalue weighted by molar-refractivity contribution is 0.744. The fraction of sp³-hybridized carbons (Fsp3) is 0.120. The van der Waals surface area contributed by atoms with Crippen molar-refractivity contribution in [3.05, 3.63) is 120 Å². The second kappa shape index (κ2) is 6.34. The molecular formula is C25H21N. The quantitative estimate of drug-likeness (QED) is 0.567. The molecule has 1 nitrogen and oxygen atoms in total. The molecule has 0 aromatic heterocycles. The summed E-state index contributed by atoms with van der Waals surface area (Å²) >= 11 is 0. The Kier molecular flexibility index (Phi) is 3.71. The Morgan fingerprint density at radius 3 is 2.19 bits per heavy atom. The fourth-order valence-corrected chi connectivity index (χ4v) is 4.20. The van der Waals surface area contributed by atoms with Gasteiger partial charge in [-0.05, 0) is 41.3 Å². The molecule has 0 fully saturated rings. The van der Waals surface area contributed by atoms with Crippen molar-refractivity contribution in [2.45, 2.75) is 18.4 Å². The van der Waals surface area contributed by atoms with Crippen molar-refractivity contribution in [1.82, 2.24) is 0 Å². The maximum atomic E-state index is 2.48. The van der Waals surface area contributed by atoms with Gasteiger partial charge < -0.3 is 4.90 Å². The minimum absolute atomic E-state index is 0.373. The van der Waals surface area contributed by atoms with Crippen LogP contribution >= 0.6 is 0 Å². The van der Waals surface area contributed by atoms with Crippen LogP contribution in [0, 0.1) is 0 Å². The summed E-state index contributed by atoms with van der Waals surface area (Å²) in [6, 6.07) is 28.9. The van der Waals surface area contributed by atoms with Gasteiger partial charge in [-0.15, -0.1) is 0 Å². The average Bonchev–Trinajstić information content (AvgIpc) is 3.04. The molecule has 1 aliphatic carbocycles. The van der Waals surface area contributed by atoms with Crippen molar-refractivity contribution in [2.24, 2.45) is 0 Å². The number of hydrogen-bond acceptors (Lipinski definition) is 1. The molecule has 3 aromatic rings. The number of hydrogen-bond donors (Lipinski definition) is 0. The first kappa shape index (κ1) is 15.2. The average molecular weight is 335 g/mol. The van der Waals surface area contributed by atoms with E-state index in [9.17, 15) is 0 Å². The van der Waals surface area contributed by atoms with Crippen LogP contribution in [0.2, 0.25) is 0 Å². The highest BCUT2D eigenvalue weighted by Gasteiger charge is 2.36. The summed E-state index contributed by atoms with van der Waals surface area (Å²) in [6.07, 6.45) is 9.97. The first-order chi connectivity index (χ1) is 12.9. The zero-order valence-corrected chi connectivity index (χ0v) is 14.6. The Bertz CT molecular complexity index is 967. The van der Waals surface area contributed by atoms with Gasteiger partial charge in [0.25, 0.3) is 0 Å². The van der Waals surface area contributed by atoms with Gasteiger partial charge in [-0.3, -0.25) is 0 Å². The molecule has 0 saturated heterocycles. The lowest BCUT2D eigenvalue weighted by Crippen LogP contribution is -2.28. The fourth-order valence-electron chi connectivity index (χ4n) is 4.20. The lowest BCUT2D eigenvalue weighted by atomic mass is 9.91. The topological polar surface area (TPSA) is 3.24 Å². The molecule has 0 bridgehead atoms. The van der Waals surface area contributed by atoms with Crippen molar-refractivity contribution in [2.75, 3.05) is 4.90 Å². The third kappa shape index (κ3) is 2.57. The van der Waals surface area contributed by atoms with Gasteiger partial charge in [0.2, 0.25) is 0 Å². The van der Waals surface area contributed by atoms with Crippen molar-refractivity contribution < 1.29 is 0 Å². The van der Waals surface area contributed by atoms with Crippen molar-refractivity contribution in [3.63, 3.8) is 0 Å². The summed E-state index contributed by atoms with van der Waals surface area (Å²) in [7, 11) is 0. The Balaban J connectivity index is 1.48. The Hall–Kier alpha value is -3.06. The molecule has 0 N–H and O–H groups in total. The second-order valence-electron chi connectivity index (χ2n) is 7.04. The maximum Gasteiger partial charge on any atom is 0.0629 e. The SMILES string of the molecule is C1=CC2c3ccccc3N(c3ccc(Cc4ccccc4)cc3)C2C=C1. The van der Waals surface area contributed by atoms with Gasteiger partial charge in [0, 0.05) is 17.3 Å². The monoisotopic (exact) mass is 335 g/mol. The van der Waals surface area contributed by atoms with Gasteiger partial charge in [-0.25, -0.2) is 0 Å². The number of anilines is 2.